The lowest BCUT2D eigenvalue weighted by Gasteiger charge is -2.11. The number of aliphatic hydroxyl groups is 1. The quantitative estimate of drug-likeness (QED) is 0.578. The molecule has 0 bridgehead atoms. The molecule has 1 aromatic carbocycles. The Hall–Kier alpha value is -0.990. The SMILES string of the molecule is C=CCC(O)c1cc(Cl)ccc1N. The Kier molecular flexibility index (Phi) is 3.34. The number of rotatable bonds is 3. The second-order valence-corrected chi connectivity index (χ2v) is 3.25. The van der Waals surface area contributed by atoms with Crippen LogP contribution in [0.5, 0.6) is 0 Å². The molecular weight excluding hydrogens is 186 g/mol. The number of anilines is 1. The van der Waals surface area contributed by atoms with Crippen LogP contribution in [-0.4, -0.2) is 5.11 Å². The summed E-state index contributed by atoms with van der Waals surface area (Å²) >= 11 is 5.77. The molecule has 3 N–H and O–H groups in total. The molecule has 3 heteroatoms. The van der Waals surface area contributed by atoms with E-state index in [2.05, 4.69) is 6.58 Å². The van der Waals surface area contributed by atoms with Crippen molar-refractivity contribution >= 4 is 17.3 Å². The minimum Gasteiger partial charge on any atom is -0.398 e. The number of benzene rings is 1. The Labute approximate surface area is 82.6 Å². The molecule has 2 nitrogen and oxygen atoms in total. The van der Waals surface area contributed by atoms with Crippen molar-refractivity contribution in [3.8, 4) is 0 Å². The smallest absolute Gasteiger partial charge is 0.0844 e. The summed E-state index contributed by atoms with van der Waals surface area (Å²) in [4.78, 5) is 0. The van der Waals surface area contributed by atoms with Gasteiger partial charge in [0.2, 0.25) is 0 Å². The lowest BCUT2D eigenvalue weighted by Crippen LogP contribution is -2.00. The average Bonchev–Trinajstić information content (AvgIpc) is 2.09. The molecular formula is C10H12ClNO. The Balaban J connectivity index is 2.97. The fraction of sp³-hybridized carbons (Fsp3) is 0.200. The number of hydrogen-bond donors (Lipinski definition) is 2. The predicted molar refractivity (Wildman–Crippen MR) is 55.6 cm³/mol. The maximum Gasteiger partial charge on any atom is 0.0844 e. The zero-order valence-corrected chi connectivity index (χ0v) is 7.96. The highest BCUT2D eigenvalue weighted by molar-refractivity contribution is 6.30. The second kappa shape index (κ2) is 4.30. The van der Waals surface area contributed by atoms with Crippen LogP contribution in [0, 0.1) is 0 Å². The molecule has 13 heavy (non-hydrogen) atoms. The molecule has 70 valence electrons. The maximum absolute atomic E-state index is 9.62. The monoisotopic (exact) mass is 197 g/mol. The molecule has 0 radical (unpaired) electrons. The molecule has 0 spiro atoms. The van der Waals surface area contributed by atoms with Crippen LogP contribution >= 0.6 is 11.6 Å². The normalized spacial score (nSPS) is 12.5. The first kappa shape index (κ1) is 10.1. The largest absolute Gasteiger partial charge is 0.398 e. The zero-order valence-electron chi connectivity index (χ0n) is 7.20. The van der Waals surface area contributed by atoms with E-state index in [-0.39, 0.29) is 0 Å². The topological polar surface area (TPSA) is 46.2 Å². The van der Waals surface area contributed by atoms with E-state index in [0.29, 0.717) is 22.7 Å². The number of aliphatic hydroxyl groups excluding tert-OH is 1. The van der Waals surface area contributed by atoms with Crippen LogP contribution < -0.4 is 5.73 Å². The lowest BCUT2D eigenvalue weighted by atomic mass is 10.0. The van der Waals surface area contributed by atoms with Gasteiger partial charge < -0.3 is 10.8 Å². The lowest BCUT2D eigenvalue weighted by molar-refractivity contribution is 0.182. The van der Waals surface area contributed by atoms with Gasteiger partial charge in [-0.25, -0.2) is 0 Å². The third-order valence-electron chi connectivity index (χ3n) is 1.80. The molecule has 0 aliphatic rings. The first-order valence-corrected chi connectivity index (χ1v) is 4.37. The van der Waals surface area contributed by atoms with Gasteiger partial charge in [0, 0.05) is 16.3 Å². The summed E-state index contributed by atoms with van der Waals surface area (Å²) in [6, 6.07) is 5.05. The molecule has 0 fully saturated rings. The van der Waals surface area contributed by atoms with Crippen LogP contribution in [0.15, 0.2) is 30.9 Å². The van der Waals surface area contributed by atoms with Crippen molar-refractivity contribution < 1.29 is 5.11 Å². The van der Waals surface area contributed by atoms with Crippen LogP contribution in [0.3, 0.4) is 0 Å². The molecule has 1 aromatic rings. The number of nitrogen functional groups attached to an aromatic ring is 1. The minimum atomic E-state index is -0.615. The molecule has 0 saturated heterocycles. The van der Waals surface area contributed by atoms with Crippen LogP contribution in [-0.2, 0) is 0 Å². The van der Waals surface area contributed by atoms with Crippen molar-refractivity contribution in [2.75, 3.05) is 5.73 Å². The predicted octanol–water partition coefficient (Wildman–Crippen LogP) is 2.53. The molecule has 1 unspecified atom stereocenters. The molecule has 1 atom stereocenters. The molecule has 0 aliphatic heterocycles. The van der Waals surface area contributed by atoms with Gasteiger partial charge in [0.1, 0.15) is 0 Å². The van der Waals surface area contributed by atoms with Crippen LogP contribution in [0.25, 0.3) is 0 Å². The van der Waals surface area contributed by atoms with Crippen molar-refractivity contribution in [3.63, 3.8) is 0 Å². The van der Waals surface area contributed by atoms with E-state index in [9.17, 15) is 5.11 Å². The Morgan fingerprint density at radius 2 is 2.31 bits per heavy atom. The fourth-order valence-electron chi connectivity index (χ4n) is 1.12. The third kappa shape index (κ3) is 2.47. The number of halogens is 1. The third-order valence-corrected chi connectivity index (χ3v) is 2.03. The first-order valence-electron chi connectivity index (χ1n) is 3.99. The van der Waals surface area contributed by atoms with Gasteiger partial charge in [-0.15, -0.1) is 6.58 Å². The summed E-state index contributed by atoms with van der Waals surface area (Å²) < 4.78 is 0. The Morgan fingerprint density at radius 3 is 2.92 bits per heavy atom. The van der Waals surface area contributed by atoms with Crippen molar-refractivity contribution in [1.82, 2.24) is 0 Å². The standard InChI is InChI=1S/C10H12ClNO/c1-2-3-10(13)8-6-7(11)4-5-9(8)12/h2,4-6,10,13H,1,3,12H2. The fourth-order valence-corrected chi connectivity index (χ4v) is 1.30. The van der Waals surface area contributed by atoms with Crippen LogP contribution in [0.4, 0.5) is 5.69 Å². The van der Waals surface area contributed by atoms with Crippen LogP contribution in [0.2, 0.25) is 5.02 Å². The second-order valence-electron chi connectivity index (χ2n) is 2.81. The summed E-state index contributed by atoms with van der Waals surface area (Å²) in [6.07, 6.45) is 1.51. The highest BCUT2D eigenvalue weighted by atomic mass is 35.5. The molecule has 0 saturated carbocycles. The maximum atomic E-state index is 9.62. The molecule has 0 amide bonds. The minimum absolute atomic E-state index is 0.477. The van der Waals surface area contributed by atoms with Gasteiger partial charge in [0.25, 0.3) is 0 Å². The molecule has 0 aliphatic carbocycles. The van der Waals surface area contributed by atoms with Gasteiger partial charge in [-0.2, -0.15) is 0 Å². The Bertz CT molecular complexity index is 312. The highest BCUT2D eigenvalue weighted by Gasteiger charge is 2.09. The zero-order chi connectivity index (χ0) is 9.84. The number of hydrogen-bond acceptors (Lipinski definition) is 2. The van der Waals surface area contributed by atoms with E-state index >= 15 is 0 Å². The first-order chi connectivity index (χ1) is 6.15. The molecule has 1 rings (SSSR count). The van der Waals surface area contributed by atoms with Gasteiger partial charge in [-0.3, -0.25) is 0 Å². The summed E-state index contributed by atoms with van der Waals surface area (Å²) in [5.74, 6) is 0. The summed E-state index contributed by atoms with van der Waals surface area (Å²) in [7, 11) is 0. The van der Waals surface area contributed by atoms with E-state index in [1.54, 1.807) is 24.3 Å². The molecule has 0 aromatic heterocycles. The van der Waals surface area contributed by atoms with Crippen molar-refractivity contribution in [2.24, 2.45) is 0 Å². The van der Waals surface area contributed by atoms with Crippen molar-refractivity contribution in [3.05, 3.63) is 41.4 Å². The van der Waals surface area contributed by atoms with E-state index in [4.69, 9.17) is 17.3 Å². The average molecular weight is 198 g/mol. The van der Waals surface area contributed by atoms with E-state index in [1.165, 1.54) is 0 Å². The number of nitrogens with two attached hydrogens (primary N) is 1. The van der Waals surface area contributed by atoms with Crippen molar-refractivity contribution in [2.45, 2.75) is 12.5 Å². The van der Waals surface area contributed by atoms with Gasteiger partial charge >= 0.3 is 0 Å². The van der Waals surface area contributed by atoms with Crippen LogP contribution in [0.1, 0.15) is 18.1 Å². The van der Waals surface area contributed by atoms with E-state index < -0.39 is 6.10 Å². The van der Waals surface area contributed by atoms with Gasteiger partial charge in [-0.1, -0.05) is 17.7 Å². The van der Waals surface area contributed by atoms with Crippen molar-refractivity contribution in [1.29, 1.82) is 0 Å². The highest BCUT2D eigenvalue weighted by Crippen LogP contribution is 2.26. The molecule has 0 heterocycles. The van der Waals surface area contributed by atoms with E-state index in [0.717, 1.165) is 0 Å². The summed E-state index contributed by atoms with van der Waals surface area (Å²) in [5, 5.41) is 10.2. The Morgan fingerprint density at radius 1 is 1.62 bits per heavy atom. The summed E-state index contributed by atoms with van der Waals surface area (Å²) in [6.45, 7) is 3.54. The summed E-state index contributed by atoms with van der Waals surface area (Å²) in [5.41, 5.74) is 6.88. The van der Waals surface area contributed by atoms with E-state index in [1.807, 2.05) is 0 Å². The van der Waals surface area contributed by atoms with Gasteiger partial charge in [-0.05, 0) is 24.6 Å². The van der Waals surface area contributed by atoms with Gasteiger partial charge in [0.05, 0.1) is 6.10 Å². The van der Waals surface area contributed by atoms with Gasteiger partial charge in [0.15, 0.2) is 0 Å².